The van der Waals surface area contributed by atoms with Crippen molar-refractivity contribution in [2.45, 2.75) is 32.7 Å². The molecule has 2 aromatic carbocycles. The van der Waals surface area contributed by atoms with Crippen LogP contribution in [-0.4, -0.2) is 31.6 Å². The van der Waals surface area contributed by atoms with Crippen molar-refractivity contribution in [1.29, 1.82) is 0 Å². The smallest absolute Gasteiger partial charge is 0.261 e. The van der Waals surface area contributed by atoms with Crippen molar-refractivity contribution in [3.8, 4) is 0 Å². The van der Waals surface area contributed by atoms with Gasteiger partial charge in [-0.2, -0.15) is 0 Å². The maximum atomic E-state index is 12.7. The second-order valence-corrected chi connectivity index (χ2v) is 13.3. The van der Waals surface area contributed by atoms with E-state index in [2.05, 4.69) is 35.6 Å². The van der Waals surface area contributed by atoms with E-state index >= 15 is 0 Å². The summed E-state index contributed by atoms with van der Waals surface area (Å²) in [5, 5.41) is 0. The molecule has 27 heavy (non-hydrogen) atoms. The molecule has 1 aliphatic heterocycles. The Morgan fingerprint density at radius 2 is 1.59 bits per heavy atom. The Bertz CT molecular complexity index is 843. The van der Waals surface area contributed by atoms with E-state index < -0.39 is 8.32 Å². The molecule has 142 valence electrons. The van der Waals surface area contributed by atoms with E-state index in [0.717, 1.165) is 10.0 Å². The van der Waals surface area contributed by atoms with E-state index in [1.54, 1.807) is 24.3 Å². The fraction of sp³-hybridized carbons (Fsp3) is 0.333. The number of rotatable bonds is 6. The number of fused-ring (bicyclic) bond motifs is 1. The van der Waals surface area contributed by atoms with Crippen LogP contribution in [0, 0.1) is 5.92 Å². The zero-order chi connectivity index (χ0) is 19.8. The standard InChI is InChI=1S/C21H24BrNO3Si/c1-14(13-23-20(24)17-10-5-6-11-18(17)21(23)25)19(26-27(2,3)4)15-8-7-9-16(22)12-15/h5-12,14,19H,13H2,1-4H3/t14-,19-/m1/s1. The normalized spacial score (nSPS) is 16.4. The van der Waals surface area contributed by atoms with Crippen molar-refractivity contribution < 1.29 is 14.0 Å². The number of carbonyl (C=O) groups is 2. The monoisotopic (exact) mass is 445 g/mol. The zero-order valence-electron chi connectivity index (χ0n) is 16.0. The summed E-state index contributed by atoms with van der Waals surface area (Å²) in [4.78, 5) is 26.8. The molecule has 0 saturated carbocycles. The predicted octanol–water partition coefficient (Wildman–Crippen LogP) is 5.27. The van der Waals surface area contributed by atoms with Gasteiger partial charge >= 0.3 is 0 Å². The number of hydrogen-bond acceptors (Lipinski definition) is 3. The Morgan fingerprint density at radius 3 is 2.11 bits per heavy atom. The number of carbonyl (C=O) groups excluding carboxylic acids is 2. The summed E-state index contributed by atoms with van der Waals surface area (Å²) >= 11 is 3.52. The van der Waals surface area contributed by atoms with Gasteiger partial charge in [0.2, 0.25) is 0 Å². The number of halogens is 1. The highest BCUT2D eigenvalue weighted by Crippen LogP contribution is 2.33. The summed E-state index contributed by atoms with van der Waals surface area (Å²) < 4.78 is 7.45. The molecule has 0 aromatic heterocycles. The van der Waals surface area contributed by atoms with Crippen molar-refractivity contribution >= 4 is 36.1 Å². The highest BCUT2D eigenvalue weighted by atomic mass is 79.9. The molecular weight excluding hydrogens is 422 g/mol. The van der Waals surface area contributed by atoms with Gasteiger partial charge in [-0.3, -0.25) is 14.5 Å². The van der Waals surface area contributed by atoms with Gasteiger partial charge in [-0.15, -0.1) is 0 Å². The van der Waals surface area contributed by atoms with Gasteiger partial charge in [-0.1, -0.05) is 47.1 Å². The quantitative estimate of drug-likeness (QED) is 0.449. The molecular formula is C21H24BrNO3Si. The summed E-state index contributed by atoms with van der Waals surface area (Å²) in [6, 6.07) is 15.0. The molecule has 0 aliphatic carbocycles. The van der Waals surface area contributed by atoms with Gasteiger partial charge in [0.25, 0.3) is 11.8 Å². The van der Waals surface area contributed by atoms with Crippen LogP contribution in [0.15, 0.2) is 53.0 Å². The van der Waals surface area contributed by atoms with Crippen LogP contribution in [0.4, 0.5) is 0 Å². The van der Waals surface area contributed by atoms with E-state index in [1.807, 2.05) is 31.2 Å². The van der Waals surface area contributed by atoms with Crippen LogP contribution in [0.2, 0.25) is 19.6 Å². The van der Waals surface area contributed by atoms with Crippen molar-refractivity contribution in [2.75, 3.05) is 6.54 Å². The lowest BCUT2D eigenvalue weighted by molar-refractivity contribution is 0.0560. The van der Waals surface area contributed by atoms with Gasteiger partial charge in [0.1, 0.15) is 0 Å². The summed E-state index contributed by atoms with van der Waals surface area (Å²) in [7, 11) is -1.84. The lowest BCUT2D eigenvalue weighted by atomic mass is 9.97. The number of imide groups is 1. The second-order valence-electron chi connectivity index (χ2n) is 7.95. The van der Waals surface area contributed by atoms with Crippen molar-refractivity contribution in [1.82, 2.24) is 4.90 Å². The maximum Gasteiger partial charge on any atom is 0.261 e. The maximum absolute atomic E-state index is 12.7. The van der Waals surface area contributed by atoms with Crippen LogP contribution in [0.25, 0.3) is 0 Å². The fourth-order valence-corrected chi connectivity index (χ4v) is 4.91. The van der Waals surface area contributed by atoms with Crippen LogP contribution in [0.5, 0.6) is 0 Å². The minimum absolute atomic E-state index is 0.0340. The Labute approximate surface area is 169 Å². The first-order valence-electron chi connectivity index (χ1n) is 9.06. The van der Waals surface area contributed by atoms with Crippen LogP contribution in [0.1, 0.15) is 39.3 Å². The molecule has 2 aromatic rings. The van der Waals surface area contributed by atoms with E-state index in [0.29, 0.717) is 17.7 Å². The van der Waals surface area contributed by atoms with Gasteiger partial charge < -0.3 is 4.43 Å². The van der Waals surface area contributed by atoms with E-state index in [4.69, 9.17) is 4.43 Å². The minimum atomic E-state index is -1.84. The third-order valence-electron chi connectivity index (χ3n) is 4.52. The van der Waals surface area contributed by atoms with Crippen LogP contribution < -0.4 is 0 Å². The molecule has 1 aliphatic rings. The van der Waals surface area contributed by atoms with Gasteiger partial charge in [0.05, 0.1) is 17.2 Å². The van der Waals surface area contributed by atoms with E-state index in [-0.39, 0.29) is 23.8 Å². The third-order valence-corrected chi connectivity index (χ3v) is 5.98. The van der Waals surface area contributed by atoms with Crippen LogP contribution in [-0.2, 0) is 4.43 Å². The lowest BCUT2D eigenvalue weighted by Crippen LogP contribution is -2.38. The average molecular weight is 446 g/mol. The number of amides is 2. The topological polar surface area (TPSA) is 46.6 Å². The van der Waals surface area contributed by atoms with Gasteiger partial charge in [-0.05, 0) is 49.5 Å². The lowest BCUT2D eigenvalue weighted by Gasteiger charge is -2.33. The largest absolute Gasteiger partial charge is 0.410 e. The van der Waals surface area contributed by atoms with Crippen molar-refractivity contribution in [3.63, 3.8) is 0 Å². The minimum Gasteiger partial charge on any atom is -0.410 e. The molecule has 0 saturated heterocycles. The molecule has 4 nitrogen and oxygen atoms in total. The third kappa shape index (κ3) is 4.39. The molecule has 0 fully saturated rings. The van der Waals surface area contributed by atoms with Gasteiger partial charge in [0, 0.05) is 16.9 Å². The summed E-state index contributed by atoms with van der Waals surface area (Å²) in [5.41, 5.74) is 2.02. The Kier molecular flexibility index (Phi) is 5.70. The molecule has 0 radical (unpaired) electrons. The number of nitrogens with zero attached hydrogens (tertiary/aromatic N) is 1. The molecule has 0 bridgehead atoms. The SMILES string of the molecule is C[C@H](CN1C(=O)c2ccccc2C1=O)[C@@H](O[Si](C)(C)C)c1cccc(Br)c1. The molecule has 3 rings (SSSR count). The van der Waals surface area contributed by atoms with E-state index in [1.165, 1.54) is 4.90 Å². The van der Waals surface area contributed by atoms with Crippen molar-refractivity contribution in [3.05, 3.63) is 69.7 Å². The van der Waals surface area contributed by atoms with Gasteiger partial charge in [-0.25, -0.2) is 0 Å². The van der Waals surface area contributed by atoms with Crippen LogP contribution >= 0.6 is 15.9 Å². The zero-order valence-corrected chi connectivity index (χ0v) is 18.6. The Balaban J connectivity index is 1.86. The predicted molar refractivity (Wildman–Crippen MR) is 112 cm³/mol. The number of hydrogen-bond donors (Lipinski definition) is 0. The Hall–Kier alpha value is -1.76. The summed E-state index contributed by atoms with van der Waals surface area (Å²) in [5.74, 6) is -0.472. The summed E-state index contributed by atoms with van der Waals surface area (Å²) in [6.45, 7) is 8.80. The summed E-state index contributed by atoms with van der Waals surface area (Å²) in [6.07, 6.45) is -0.182. The molecule has 2 atom stereocenters. The molecule has 0 spiro atoms. The highest BCUT2D eigenvalue weighted by molar-refractivity contribution is 9.10. The molecule has 1 heterocycles. The highest BCUT2D eigenvalue weighted by Gasteiger charge is 2.38. The Morgan fingerprint density at radius 1 is 1.00 bits per heavy atom. The first-order valence-corrected chi connectivity index (χ1v) is 13.3. The first-order chi connectivity index (χ1) is 12.7. The van der Waals surface area contributed by atoms with E-state index in [9.17, 15) is 9.59 Å². The van der Waals surface area contributed by atoms with Gasteiger partial charge in [0.15, 0.2) is 8.32 Å². The van der Waals surface area contributed by atoms with Crippen molar-refractivity contribution in [2.24, 2.45) is 5.92 Å². The number of benzene rings is 2. The molecule has 0 unspecified atom stereocenters. The first kappa shape index (κ1) is 20.0. The second kappa shape index (κ2) is 7.70. The molecule has 6 heteroatoms. The fourth-order valence-electron chi connectivity index (χ4n) is 3.37. The average Bonchev–Trinajstić information content (AvgIpc) is 2.84. The molecule has 0 N–H and O–H groups in total. The van der Waals surface area contributed by atoms with Crippen LogP contribution in [0.3, 0.4) is 0 Å². The molecule has 2 amide bonds.